The molecule has 0 unspecified atom stereocenters. The maximum Gasteiger partial charge on any atom is 0.317 e. The van der Waals surface area contributed by atoms with Crippen LogP contribution >= 0.6 is 0 Å². The molecule has 208 valence electrons. The number of amides is 2. The molecule has 0 aromatic heterocycles. The van der Waals surface area contributed by atoms with Crippen molar-refractivity contribution in [3.63, 3.8) is 0 Å². The number of primary amides is 1. The van der Waals surface area contributed by atoms with Crippen LogP contribution in [-0.2, 0) is 19.2 Å². The Labute approximate surface area is 211 Å². The highest BCUT2D eigenvalue weighted by atomic mass is 16.5. The molecule has 0 bridgehead atoms. The standard InChI is InChI=1S/C22H42N6O8/c23-18(29)4-2-1-3-5-24-19(30)14-25-6-8-26(15-20(31)32)10-12-28(17-22(35)36)13-11-27(9-7-25)16-21(33)34/h20,31-32H,1-17H2,(H2,23,29)(H,24,30)(H,33,34)(H,35,36). The number of hydrogen-bond donors (Lipinski definition) is 6. The van der Waals surface area contributed by atoms with Gasteiger partial charge in [-0.15, -0.1) is 0 Å². The summed E-state index contributed by atoms with van der Waals surface area (Å²) >= 11 is 0. The van der Waals surface area contributed by atoms with Crippen molar-refractivity contribution < 1.29 is 39.6 Å². The lowest BCUT2D eigenvalue weighted by Crippen LogP contribution is -2.50. The molecular weight excluding hydrogens is 476 g/mol. The van der Waals surface area contributed by atoms with E-state index in [1.807, 2.05) is 4.90 Å². The van der Waals surface area contributed by atoms with E-state index in [1.165, 1.54) is 0 Å². The topological polar surface area (TPSA) is 200 Å². The van der Waals surface area contributed by atoms with Crippen LogP contribution in [0.3, 0.4) is 0 Å². The van der Waals surface area contributed by atoms with Crippen molar-refractivity contribution in [2.24, 2.45) is 5.73 Å². The smallest absolute Gasteiger partial charge is 0.317 e. The van der Waals surface area contributed by atoms with Crippen LogP contribution in [-0.4, -0.2) is 155 Å². The number of nitrogens with two attached hydrogens (primary N) is 1. The van der Waals surface area contributed by atoms with Crippen LogP contribution in [0.15, 0.2) is 0 Å². The van der Waals surface area contributed by atoms with Gasteiger partial charge < -0.3 is 31.5 Å². The molecule has 7 N–H and O–H groups in total. The van der Waals surface area contributed by atoms with Gasteiger partial charge in [-0.1, -0.05) is 6.42 Å². The van der Waals surface area contributed by atoms with Crippen LogP contribution in [0.2, 0.25) is 0 Å². The molecule has 14 heteroatoms. The number of carbonyl (C=O) groups excluding carboxylic acids is 2. The molecule has 0 aromatic rings. The second-order valence-corrected chi connectivity index (χ2v) is 9.02. The fraction of sp³-hybridized carbons (Fsp3) is 0.818. The third-order valence-corrected chi connectivity index (χ3v) is 5.86. The number of carboxylic acids is 2. The molecular formula is C22H42N6O8. The van der Waals surface area contributed by atoms with E-state index >= 15 is 0 Å². The number of rotatable bonds is 14. The summed E-state index contributed by atoms with van der Waals surface area (Å²) in [6, 6.07) is 0. The van der Waals surface area contributed by atoms with Gasteiger partial charge in [0.25, 0.3) is 0 Å². The van der Waals surface area contributed by atoms with Crippen LogP contribution in [0.5, 0.6) is 0 Å². The number of carbonyl (C=O) groups is 4. The summed E-state index contributed by atoms with van der Waals surface area (Å²) in [5.41, 5.74) is 5.11. The normalized spacial score (nSPS) is 17.9. The molecule has 36 heavy (non-hydrogen) atoms. The Morgan fingerprint density at radius 2 is 1.14 bits per heavy atom. The fourth-order valence-corrected chi connectivity index (χ4v) is 3.94. The zero-order chi connectivity index (χ0) is 26.9. The van der Waals surface area contributed by atoms with Gasteiger partial charge >= 0.3 is 11.9 Å². The van der Waals surface area contributed by atoms with Crippen LogP contribution in [0.1, 0.15) is 25.7 Å². The van der Waals surface area contributed by atoms with Gasteiger partial charge in [0, 0.05) is 71.9 Å². The molecule has 0 atom stereocenters. The summed E-state index contributed by atoms with van der Waals surface area (Å²) in [5.74, 6) is -2.51. The van der Waals surface area contributed by atoms with Gasteiger partial charge in [0.2, 0.25) is 11.8 Å². The summed E-state index contributed by atoms with van der Waals surface area (Å²) in [7, 11) is 0. The molecule has 1 fully saturated rings. The van der Waals surface area contributed by atoms with Crippen LogP contribution in [0.4, 0.5) is 0 Å². The van der Waals surface area contributed by atoms with Crippen LogP contribution < -0.4 is 11.1 Å². The molecule has 0 radical (unpaired) electrons. The first kappa shape index (κ1) is 31.7. The van der Waals surface area contributed by atoms with Crippen molar-refractivity contribution in [1.82, 2.24) is 24.9 Å². The number of aliphatic hydroxyl groups is 2. The van der Waals surface area contributed by atoms with E-state index in [2.05, 4.69) is 5.32 Å². The van der Waals surface area contributed by atoms with E-state index < -0.39 is 18.2 Å². The second-order valence-electron chi connectivity index (χ2n) is 9.02. The molecule has 0 saturated carbocycles. The van der Waals surface area contributed by atoms with E-state index in [4.69, 9.17) is 5.73 Å². The van der Waals surface area contributed by atoms with Crippen molar-refractivity contribution in [2.45, 2.75) is 32.0 Å². The van der Waals surface area contributed by atoms with E-state index in [1.54, 1.807) is 14.7 Å². The maximum atomic E-state index is 12.5. The van der Waals surface area contributed by atoms with Gasteiger partial charge in [-0.2, -0.15) is 0 Å². The van der Waals surface area contributed by atoms with E-state index in [-0.39, 0.29) is 38.0 Å². The lowest BCUT2D eigenvalue weighted by Gasteiger charge is -2.33. The molecule has 2 amide bonds. The van der Waals surface area contributed by atoms with Crippen molar-refractivity contribution in [3.8, 4) is 0 Å². The number of unbranched alkanes of at least 4 members (excludes halogenated alkanes) is 2. The average molecular weight is 519 g/mol. The van der Waals surface area contributed by atoms with Gasteiger partial charge in [-0.3, -0.25) is 38.8 Å². The Morgan fingerprint density at radius 3 is 1.56 bits per heavy atom. The third-order valence-electron chi connectivity index (χ3n) is 5.86. The Hall–Kier alpha value is -2.36. The molecule has 1 heterocycles. The van der Waals surface area contributed by atoms with Crippen molar-refractivity contribution in [2.75, 3.05) is 85.1 Å². The summed E-state index contributed by atoms with van der Waals surface area (Å²) in [6.07, 6.45) is 0.937. The van der Waals surface area contributed by atoms with E-state index in [0.29, 0.717) is 71.7 Å². The van der Waals surface area contributed by atoms with Crippen LogP contribution in [0.25, 0.3) is 0 Å². The number of nitrogens with zero attached hydrogens (tertiary/aromatic N) is 4. The van der Waals surface area contributed by atoms with E-state index in [9.17, 15) is 39.6 Å². The first-order valence-corrected chi connectivity index (χ1v) is 12.3. The second kappa shape index (κ2) is 18.0. The summed E-state index contributed by atoms with van der Waals surface area (Å²) in [4.78, 5) is 53.0. The molecule has 1 saturated heterocycles. The van der Waals surface area contributed by atoms with Crippen LogP contribution in [0, 0.1) is 0 Å². The summed E-state index contributed by atoms with van der Waals surface area (Å²) < 4.78 is 0. The zero-order valence-corrected chi connectivity index (χ0v) is 20.9. The minimum absolute atomic E-state index is 0.0165. The summed E-state index contributed by atoms with van der Waals surface area (Å²) in [5, 5.41) is 40.3. The molecule has 1 rings (SSSR count). The average Bonchev–Trinajstić information content (AvgIpc) is 2.76. The fourth-order valence-electron chi connectivity index (χ4n) is 3.94. The third kappa shape index (κ3) is 16.3. The number of hydrogen-bond acceptors (Lipinski definition) is 10. The summed E-state index contributed by atoms with van der Waals surface area (Å²) in [6.45, 7) is 3.20. The Balaban J connectivity index is 2.76. The number of nitrogens with one attached hydrogen (secondary N) is 1. The van der Waals surface area contributed by atoms with Gasteiger partial charge in [-0.05, 0) is 12.8 Å². The minimum atomic E-state index is -1.55. The minimum Gasteiger partial charge on any atom is -0.480 e. The van der Waals surface area contributed by atoms with Gasteiger partial charge in [0.15, 0.2) is 6.29 Å². The molecule has 1 aliphatic rings. The number of aliphatic carboxylic acids is 2. The van der Waals surface area contributed by atoms with Crippen molar-refractivity contribution in [1.29, 1.82) is 0 Å². The molecule has 0 aliphatic carbocycles. The number of aliphatic hydroxyl groups excluding tert-OH is 1. The first-order chi connectivity index (χ1) is 17.0. The highest BCUT2D eigenvalue weighted by molar-refractivity contribution is 5.78. The van der Waals surface area contributed by atoms with Gasteiger partial charge in [-0.25, -0.2) is 0 Å². The lowest BCUT2D eigenvalue weighted by atomic mass is 10.2. The highest BCUT2D eigenvalue weighted by Gasteiger charge is 2.20. The van der Waals surface area contributed by atoms with Gasteiger partial charge in [0.1, 0.15) is 0 Å². The maximum absolute atomic E-state index is 12.5. The molecule has 14 nitrogen and oxygen atoms in total. The predicted molar refractivity (Wildman–Crippen MR) is 130 cm³/mol. The molecule has 1 aliphatic heterocycles. The Bertz CT molecular complexity index is 695. The zero-order valence-electron chi connectivity index (χ0n) is 20.9. The number of β-amino-alcohol motifs (C(OH)–C–C–N with tert-alkyl or cyclic N) is 2. The Kier molecular flexibility index (Phi) is 15.8. The molecule has 0 aromatic carbocycles. The lowest BCUT2D eigenvalue weighted by molar-refractivity contribution is -0.140. The number of carboxylic acid groups (broad SMARTS) is 2. The Morgan fingerprint density at radius 1 is 0.694 bits per heavy atom. The van der Waals surface area contributed by atoms with Crippen molar-refractivity contribution in [3.05, 3.63) is 0 Å². The quantitative estimate of drug-likeness (QED) is 0.0998. The monoisotopic (exact) mass is 518 g/mol. The largest absolute Gasteiger partial charge is 0.480 e. The predicted octanol–water partition coefficient (Wildman–Crippen LogP) is -3.15. The van der Waals surface area contributed by atoms with Crippen molar-refractivity contribution >= 4 is 23.8 Å². The van der Waals surface area contributed by atoms with Gasteiger partial charge in [0.05, 0.1) is 19.6 Å². The molecule has 0 spiro atoms. The first-order valence-electron chi connectivity index (χ1n) is 12.3. The highest BCUT2D eigenvalue weighted by Crippen LogP contribution is 2.02. The SMILES string of the molecule is NC(=O)CCCCCNC(=O)CN1CCN(CC(=O)O)CCN(CC(=O)O)CCN(CC(O)O)CC1. The van der Waals surface area contributed by atoms with E-state index in [0.717, 1.165) is 12.8 Å².